The van der Waals surface area contributed by atoms with E-state index in [1.54, 1.807) is 0 Å². The molecular formula is C16H18F6O4. The molecule has 10 heteroatoms. The van der Waals surface area contributed by atoms with E-state index in [1.165, 1.54) is 0 Å². The number of alkyl halides is 6. The number of carbonyl (C=O) groups excluding carboxylic acids is 1. The molecule has 0 amide bonds. The van der Waals surface area contributed by atoms with Crippen molar-refractivity contribution < 1.29 is 46.1 Å². The quantitative estimate of drug-likeness (QED) is 0.443. The van der Waals surface area contributed by atoms with Gasteiger partial charge in [0.05, 0.1) is 11.2 Å². The molecule has 4 aliphatic carbocycles. The highest BCUT2D eigenvalue weighted by molar-refractivity contribution is 5.91. The molecule has 0 radical (unpaired) electrons. The molecule has 2 unspecified atom stereocenters. The number of aliphatic hydroxyl groups is 2. The molecule has 4 bridgehead atoms. The van der Waals surface area contributed by atoms with Crippen LogP contribution in [0.25, 0.3) is 0 Å². The normalized spacial score (nSPS) is 36.9. The molecule has 26 heavy (non-hydrogen) atoms. The highest BCUT2D eigenvalue weighted by Crippen LogP contribution is 2.59. The average molecular weight is 388 g/mol. The summed E-state index contributed by atoms with van der Waals surface area (Å²) < 4.78 is 82.4. The minimum absolute atomic E-state index is 0.00793. The van der Waals surface area contributed by atoms with Crippen LogP contribution in [0.5, 0.6) is 0 Å². The second-order valence-electron chi connectivity index (χ2n) is 7.94. The van der Waals surface area contributed by atoms with Crippen molar-refractivity contribution in [3.8, 4) is 0 Å². The lowest BCUT2D eigenvalue weighted by molar-refractivity contribution is -0.352. The van der Waals surface area contributed by atoms with E-state index in [-0.39, 0.29) is 31.1 Å². The Morgan fingerprint density at radius 1 is 1.00 bits per heavy atom. The predicted molar refractivity (Wildman–Crippen MR) is 74.7 cm³/mol. The Kier molecular flexibility index (Phi) is 4.02. The van der Waals surface area contributed by atoms with Crippen molar-refractivity contribution in [2.45, 2.75) is 67.7 Å². The summed E-state index contributed by atoms with van der Waals surface area (Å²) in [7, 11) is 0. The van der Waals surface area contributed by atoms with E-state index in [1.807, 2.05) is 0 Å². The van der Waals surface area contributed by atoms with Crippen LogP contribution in [-0.2, 0) is 9.53 Å². The van der Waals surface area contributed by atoms with Crippen LogP contribution < -0.4 is 0 Å². The van der Waals surface area contributed by atoms with E-state index in [2.05, 4.69) is 6.58 Å². The molecule has 0 aromatic heterocycles. The largest absolute Gasteiger partial charge is 0.456 e. The van der Waals surface area contributed by atoms with E-state index in [0.29, 0.717) is 12.8 Å². The molecule has 0 spiro atoms. The molecule has 4 fully saturated rings. The van der Waals surface area contributed by atoms with Gasteiger partial charge in [0.2, 0.25) is 0 Å². The lowest BCUT2D eigenvalue weighted by atomic mass is 9.52. The fraction of sp³-hybridized carbons (Fsp3) is 0.812. The molecule has 0 saturated heterocycles. The summed E-state index contributed by atoms with van der Waals surface area (Å²) in [6, 6.07) is 0. The molecule has 4 aliphatic rings. The predicted octanol–water partition coefficient (Wildman–Crippen LogP) is 3.03. The van der Waals surface area contributed by atoms with Gasteiger partial charge in [0.1, 0.15) is 5.60 Å². The van der Waals surface area contributed by atoms with Crippen molar-refractivity contribution in [3.63, 3.8) is 0 Å². The summed E-state index contributed by atoms with van der Waals surface area (Å²) in [5.74, 6) is -1.97. The lowest BCUT2D eigenvalue weighted by Crippen LogP contribution is -2.62. The van der Waals surface area contributed by atoms with Crippen molar-refractivity contribution in [3.05, 3.63) is 12.2 Å². The van der Waals surface area contributed by atoms with Crippen LogP contribution in [0.3, 0.4) is 0 Å². The van der Waals surface area contributed by atoms with Crippen LogP contribution in [0, 0.1) is 11.8 Å². The van der Waals surface area contributed by atoms with Crippen LogP contribution in [0.2, 0.25) is 0 Å². The molecule has 4 nitrogen and oxygen atoms in total. The first-order chi connectivity index (χ1) is 11.6. The summed E-state index contributed by atoms with van der Waals surface area (Å²) in [4.78, 5) is 12.1. The van der Waals surface area contributed by atoms with E-state index in [4.69, 9.17) is 4.74 Å². The van der Waals surface area contributed by atoms with Gasteiger partial charge in [0, 0.05) is 6.42 Å². The second kappa shape index (κ2) is 5.37. The maximum Gasteiger partial charge on any atom is 0.430 e. The zero-order chi connectivity index (χ0) is 19.8. The third-order valence-electron chi connectivity index (χ3n) is 5.79. The van der Waals surface area contributed by atoms with Gasteiger partial charge in [-0.05, 0) is 43.9 Å². The number of hydrogen-bond acceptors (Lipinski definition) is 4. The zero-order valence-corrected chi connectivity index (χ0v) is 13.6. The third kappa shape index (κ3) is 2.81. The van der Waals surface area contributed by atoms with Gasteiger partial charge in [0.25, 0.3) is 5.60 Å². The van der Waals surface area contributed by atoms with Crippen LogP contribution in [0.4, 0.5) is 26.3 Å². The van der Waals surface area contributed by atoms with Crippen LogP contribution in [0.15, 0.2) is 12.2 Å². The van der Waals surface area contributed by atoms with Gasteiger partial charge in [-0.1, -0.05) is 6.58 Å². The molecular weight excluding hydrogens is 370 g/mol. The fourth-order valence-electron chi connectivity index (χ4n) is 5.16. The smallest absolute Gasteiger partial charge is 0.430 e. The first-order valence-electron chi connectivity index (χ1n) is 8.12. The highest BCUT2D eigenvalue weighted by Gasteiger charge is 2.74. The van der Waals surface area contributed by atoms with Gasteiger partial charge in [-0.2, -0.15) is 26.3 Å². The van der Waals surface area contributed by atoms with Gasteiger partial charge in [-0.3, -0.25) is 0 Å². The molecule has 4 saturated carbocycles. The zero-order valence-electron chi connectivity index (χ0n) is 13.6. The number of esters is 1. The summed E-state index contributed by atoms with van der Waals surface area (Å²) in [6.07, 6.45) is -10.2. The first-order valence-corrected chi connectivity index (χ1v) is 8.12. The molecule has 0 heterocycles. The average Bonchev–Trinajstić information content (AvgIpc) is 2.39. The Morgan fingerprint density at radius 2 is 1.46 bits per heavy atom. The summed E-state index contributed by atoms with van der Waals surface area (Å²) >= 11 is 0. The molecule has 148 valence electrons. The van der Waals surface area contributed by atoms with Crippen LogP contribution in [0.1, 0.15) is 38.5 Å². The SMILES string of the molecule is C=C(C(=O)OC12CC3CC(CC(O)(C3)C1)C2)C(O)(C(F)(F)F)C(F)(F)F. The van der Waals surface area contributed by atoms with E-state index in [0.717, 1.165) is 6.42 Å². The van der Waals surface area contributed by atoms with Crippen LogP contribution >= 0.6 is 0 Å². The topological polar surface area (TPSA) is 66.8 Å². The molecule has 2 atom stereocenters. The Morgan fingerprint density at radius 3 is 1.85 bits per heavy atom. The molecule has 0 aromatic carbocycles. The fourth-order valence-corrected chi connectivity index (χ4v) is 5.16. The van der Waals surface area contributed by atoms with Gasteiger partial charge < -0.3 is 14.9 Å². The van der Waals surface area contributed by atoms with Gasteiger partial charge in [0.15, 0.2) is 0 Å². The van der Waals surface area contributed by atoms with Gasteiger partial charge in [-0.25, -0.2) is 4.79 Å². The third-order valence-corrected chi connectivity index (χ3v) is 5.79. The van der Waals surface area contributed by atoms with Crippen molar-refractivity contribution in [1.29, 1.82) is 0 Å². The van der Waals surface area contributed by atoms with Crippen molar-refractivity contribution >= 4 is 5.97 Å². The minimum Gasteiger partial charge on any atom is -0.456 e. The van der Waals surface area contributed by atoms with Crippen molar-refractivity contribution in [2.24, 2.45) is 11.8 Å². The highest BCUT2D eigenvalue weighted by atomic mass is 19.4. The monoisotopic (exact) mass is 388 g/mol. The maximum atomic E-state index is 12.9. The summed E-state index contributed by atoms with van der Waals surface area (Å²) in [6.45, 7) is 2.55. The Bertz CT molecular complexity index is 610. The maximum absolute atomic E-state index is 12.9. The number of hydrogen-bond donors (Lipinski definition) is 2. The second-order valence-corrected chi connectivity index (χ2v) is 7.94. The number of ether oxygens (including phenoxy) is 1. The standard InChI is InChI=1S/C16H18F6O4/c1-8(14(25,15(17,18)19)16(20,21)22)11(23)26-13-5-9-2-10(6-13)4-12(24,3-9)7-13/h9-10,24-25H,1-7H2. The molecule has 0 aliphatic heterocycles. The van der Waals surface area contributed by atoms with Crippen molar-refractivity contribution in [1.82, 2.24) is 0 Å². The summed E-state index contributed by atoms with van der Waals surface area (Å²) in [5.41, 5.74) is -9.97. The number of halogens is 6. The van der Waals surface area contributed by atoms with Crippen LogP contribution in [-0.4, -0.2) is 45.3 Å². The van der Waals surface area contributed by atoms with E-state index < -0.39 is 40.7 Å². The van der Waals surface area contributed by atoms with Gasteiger partial charge >= 0.3 is 18.3 Å². The summed E-state index contributed by atoms with van der Waals surface area (Å²) in [5, 5.41) is 19.8. The van der Waals surface area contributed by atoms with E-state index in [9.17, 15) is 41.4 Å². The van der Waals surface area contributed by atoms with E-state index >= 15 is 0 Å². The molecule has 2 N–H and O–H groups in total. The molecule has 0 aromatic rings. The first kappa shape index (κ1) is 19.5. The van der Waals surface area contributed by atoms with Gasteiger partial charge in [-0.15, -0.1) is 0 Å². The Labute approximate surface area is 144 Å². The Hall–Kier alpha value is -1.29. The number of rotatable bonds is 3. The molecule has 4 rings (SSSR count). The number of carbonyl (C=O) groups is 1. The van der Waals surface area contributed by atoms with Crippen molar-refractivity contribution in [2.75, 3.05) is 0 Å². The Balaban J connectivity index is 1.85. The lowest BCUT2D eigenvalue weighted by Gasteiger charge is -2.59. The minimum atomic E-state index is -6.19.